The molecule has 0 saturated carbocycles. The Morgan fingerprint density at radius 3 is 0.786 bits per heavy atom. The van der Waals surface area contributed by atoms with Crippen molar-refractivity contribution < 1.29 is 0 Å². The van der Waals surface area contributed by atoms with E-state index in [-0.39, 0.29) is 0 Å². The van der Waals surface area contributed by atoms with Crippen LogP contribution in [0.4, 0.5) is 0 Å². The molecular formula is C40H80N2. The molecule has 2 heteroatoms. The van der Waals surface area contributed by atoms with E-state index >= 15 is 0 Å². The Morgan fingerprint density at radius 1 is 0.310 bits per heavy atom. The van der Waals surface area contributed by atoms with Crippen molar-refractivity contribution in [2.24, 2.45) is 0 Å². The van der Waals surface area contributed by atoms with Crippen molar-refractivity contribution in [2.45, 2.75) is 232 Å². The molecular weight excluding hydrogens is 508 g/mol. The molecule has 0 spiro atoms. The van der Waals surface area contributed by atoms with Crippen LogP contribution in [0, 0.1) is 0 Å². The second-order valence-corrected chi connectivity index (χ2v) is 13.9. The summed E-state index contributed by atoms with van der Waals surface area (Å²) < 4.78 is 0. The van der Waals surface area contributed by atoms with Crippen LogP contribution >= 0.6 is 0 Å². The highest BCUT2D eigenvalue weighted by Gasteiger charge is 2.24. The van der Waals surface area contributed by atoms with Crippen molar-refractivity contribution in [2.75, 3.05) is 13.1 Å². The Labute approximate surface area is 267 Å². The summed E-state index contributed by atoms with van der Waals surface area (Å²) >= 11 is 0. The van der Waals surface area contributed by atoms with Gasteiger partial charge in [0.25, 0.3) is 0 Å². The first-order valence-electron chi connectivity index (χ1n) is 20.0. The first-order valence-corrected chi connectivity index (χ1v) is 20.0. The van der Waals surface area contributed by atoms with Gasteiger partial charge in [0.05, 0.1) is 0 Å². The molecule has 0 saturated heterocycles. The standard InChI is InChI=1S/C40H80N2/c1-4-7-9-11-13-15-17-19-20-21-22-24-26-28-30-32-34-37-42-39-38-41(40(42)35-6-3)36-33-31-29-27-25-23-18-16-14-12-10-8-5-2/h38-40H,4-37H2,1-3H3. The maximum absolute atomic E-state index is 2.66. The highest BCUT2D eigenvalue weighted by atomic mass is 15.4. The van der Waals surface area contributed by atoms with Crippen LogP contribution in [0.3, 0.4) is 0 Å². The van der Waals surface area contributed by atoms with E-state index in [2.05, 4.69) is 43.0 Å². The summed E-state index contributed by atoms with van der Waals surface area (Å²) in [6, 6.07) is 0. The Morgan fingerprint density at radius 2 is 0.548 bits per heavy atom. The van der Waals surface area contributed by atoms with Gasteiger partial charge in [-0.2, -0.15) is 0 Å². The molecule has 0 aromatic carbocycles. The number of unbranched alkanes of at least 4 members (excludes halogenated alkanes) is 28. The minimum atomic E-state index is 0.633. The Kier molecular flexibility index (Phi) is 29.8. The van der Waals surface area contributed by atoms with Gasteiger partial charge in [0.2, 0.25) is 0 Å². The zero-order chi connectivity index (χ0) is 30.2. The molecule has 0 N–H and O–H groups in total. The van der Waals surface area contributed by atoms with Crippen molar-refractivity contribution in [1.29, 1.82) is 0 Å². The van der Waals surface area contributed by atoms with Gasteiger partial charge < -0.3 is 9.80 Å². The van der Waals surface area contributed by atoms with Crippen LogP contribution in [-0.2, 0) is 0 Å². The number of nitrogens with zero attached hydrogens (tertiary/aromatic N) is 2. The lowest BCUT2D eigenvalue weighted by Gasteiger charge is -2.33. The maximum Gasteiger partial charge on any atom is 0.101 e. The van der Waals surface area contributed by atoms with Crippen molar-refractivity contribution >= 4 is 0 Å². The Hall–Kier alpha value is -0.660. The quantitative estimate of drug-likeness (QED) is 0.0690. The number of hydrogen-bond acceptors (Lipinski definition) is 2. The normalized spacial score (nSPS) is 15.0. The first-order chi connectivity index (χ1) is 20.8. The van der Waals surface area contributed by atoms with Crippen LogP contribution in [0.15, 0.2) is 12.4 Å². The average Bonchev–Trinajstić information content (AvgIpc) is 3.38. The molecule has 1 aliphatic rings. The van der Waals surface area contributed by atoms with Crippen LogP contribution in [0.5, 0.6) is 0 Å². The van der Waals surface area contributed by atoms with Gasteiger partial charge in [0.15, 0.2) is 0 Å². The van der Waals surface area contributed by atoms with E-state index in [1.807, 2.05) is 0 Å². The minimum Gasteiger partial charge on any atom is -0.356 e. The monoisotopic (exact) mass is 589 g/mol. The van der Waals surface area contributed by atoms with Crippen LogP contribution < -0.4 is 0 Å². The second-order valence-electron chi connectivity index (χ2n) is 13.9. The van der Waals surface area contributed by atoms with Gasteiger partial charge in [-0.25, -0.2) is 0 Å². The predicted molar refractivity (Wildman–Crippen MR) is 191 cm³/mol. The third-order valence-corrected chi connectivity index (χ3v) is 9.80. The van der Waals surface area contributed by atoms with Gasteiger partial charge in [-0.05, 0) is 19.3 Å². The lowest BCUT2D eigenvalue weighted by molar-refractivity contribution is 0.138. The van der Waals surface area contributed by atoms with Crippen molar-refractivity contribution in [3.05, 3.63) is 12.4 Å². The average molecular weight is 589 g/mol. The van der Waals surface area contributed by atoms with E-state index in [9.17, 15) is 0 Å². The summed E-state index contributed by atoms with van der Waals surface area (Å²) in [5.41, 5.74) is 0. The Balaban J connectivity index is 1.92. The fraction of sp³-hybridized carbons (Fsp3) is 0.950. The second kappa shape index (κ2) is 31.8. The molecule has 0 fully saturated rings. The smallest absolute Gasteiger partial charge is 0.101 e. The lowest BCUT2D eigenvalue weighted by Crippen LogP contribution is -2.39. The van der Waals surface area contributed by atoms with Crippen molar-refractivity contribution in [3.8, 4) is 0 Å². The molecule has 42 heavy (non-hydrogen) atoms. The molecule has 250 valence electrons. The van der Waals surface area contributed by atoms with Gasteiger partial charge in [-0.1, -0.05) is 207 Å². The zero-order valence-electron chi connectivity index (χ0n) is 29.7. The summed E-state index contributed by atoms with van der Waals surface area (Å²) in [6.45, 7) is 9.49. The zero-order valence-corrected chi connectivity index (χ0v) is 29.7. The molecule has 0 aromatic heterocycles. The maximum atomic E-state index is 2.66. The fourth-order valence-electron chi connectivity index (χ4n) is 6.93. The predicted octanol–water partition coefficient (Wildman–Crippen LogP) is 13.9. The first kappa shape index (κ1) is 39.4. The highest BCUT2D eigenvalue weighted by Crippen LogP contribution is 2.23. The van der Waals surface area contributed by atoms with Crippen molar-refractivity contribution in [1.82, 2.24) is 9.80 Å². The summed E-state index contributed by atoms with van der Waals surface area (Å²) in [7, 11) is 0. The molecule has 0 bridgehead atoms. The molecule has 1 unspecified atom stereocenters. The molecule has 1 atom stereocenters. The Bertz CT molecular complexity index is 544. The molecule has 0 aromatic rings. The van der Waals surface area contributed by atoms with Crippen LogP contribution in [0.1, 0.15) is 226 Å². The van der Waals surface area contributed by atoms with E-state index in [0.717, 1.165) is 0 Å². The summed E-state index contributed by atoms with van der Waals surface area (Å²) in [5, 5.41) is 0. The SMILES string of the molecule is CCCCCCCCCCCCCCCCCCCN1C=CN(CCCCCCCCCCCCCCC)C1CCC. The third-order valence-electron chi connectivity index (χ3n) is 9.80. The molecule has 0 aliphatic carbocycles. The van der Waals surface area contributed by atoms with E-state index in [4.69, 9.17) is 0 Å². The van der Waals surface area contributed by atoms with Crippen LogP contribution in [0.2, 0.25) is 0 Å². The van der Waals surface area contributed by atoms with E-state index in [1.165, 1.54) is 219 Å². The molecule has 0 amide bonds. The summed E-state index contributed by atoms with van der Waals surface area (Å²) in [4.78, 5) is 5.33. The molecule has 2 nitrogen and oxygen atoms in total. The summed E-state index contributed by atoms with van der Waals surface area (Å²) in [6.07, 6.45) is 51.5. The molecule has 1 aliphatic heterocycles. The molecule has 1 rings (SSSR count). The third kappa shape index (κ3) is 23.8. The van der Waals surface area contributed by atoms with E-state index < -0.39 is 0 Å². The molecule has 1 heterocycles. The van der Waals surface area contributed by atoms with Crippen LogP contribution in [-0.4, -0.2) is 29.1 Å². The van der Waals surface area contributed by atoms with E-state index in [1.54, 1.807) is 0 Å². The number of hydrogen-bond donors (Lipinski definition) is 0. The topological polar surface area (TPSA) is 6.48 Å². The van der Waals surface area contributed by atoms with Gasteiger partial charge in [-0.15, -0.1) is 0 Å². The lowest BCUT2D eigenvalue weighted by atomic mass is 10.0. The fourth-order valence-corrected chi connectivity index (χ4v) is 6.93. The van der Waals surface area contributed by atoms with Gasteiger partial charge in [0.1, 0.15) is 6.17 Å². The minimum absolute atomic E-state index is 0.633. The summed E-state index contributed by atoms with van der Waals surface area (Å²) in [5.74, 6) is 0. The highest BCUT2D eigenvalue weighted by molar-refractivity contribution is 4.96. The van der Waals surface area contributed by atoms with Crippen LogP contribution in [0.25, 0.3) is 0 Å². The van der Waals surface area contributed by atoms with Gasteiger partial charge in [0, 0.05) is 25.5 Å². The van der Waals surface area contributed by atoms with Crippen molar-refractivity contribution in [3.63, 3.8) is 0 Å². The number of rotatable bonds is 34. The molecule has 0 radical (unpaired) electrons. The van der Waals surface area contributed by atoms with Gasteiger partial charge >= 0.3 is 0 Å². The largest absolute Gasteiger partial charge is 0.356 e. The van der Waals surface area contributed by atoms with Gasteiger partial charge in [-0.3, -0.25) is 0 Å². The van der Waals surface area contributed by atoms with E-state index in [0.29, 0.717) is 6.17 Å².